The van der Waals surface area contributed by atoms with Crippen molar-refractivity contribution in [3.8, 4) is 5.75 Å². The normalized spacial score (nSPS) is 13.2. The summed E-state index contributed by atoms with van der Waals surface area (Å²) in [4.78, 5) is 12.9. The van der Waals surface area contributed by atoms with Gasteiger partial charge in [-0.25, -0.2) is 0 Å². The number of rotatable bonds is 7. The summed E-state index contributed by atoms with van der Waals surface area (Å²) in [5.74, 6) is 0.810. The van der Waals surface area contributed by atoms with Crippen LogP contribution in [0.5, 0.6) is 5.75 Å². The predicted molar refractivity (Wildman–Crippen MR) is 94.9 cm³/mol. The van der Waals surface area contributed by atoms with Crippen molar-refractivity contribution in [2.75, 3.05) is 11.9 Å². The average molecular weight is 311 g/mol. The monoisotopic (exact) mass is 311 g/mol. The molecule has 0 saturated carbocycles. The van der Waals surface area contributed by atoms with E-state index in [0.29, 0.717) is 12.4 Å². The summed E-state index contributed by atoms with van der Waals surface area (Å²) < 4.78 is 5.60. The van der Waals surface area contributed by atoms with Crippen molar-refractivity contribution in [1.82, 2.24) is 0 Å². The lowest BCUT2D eigenvalue weighted by atomic mass is 9.85. The highest BCUT2D eigenvalue weighted by molar-refractivity contribution is 5.97. The van der Waals surface area contributed by atoms with E-state index >= 15 is 0 Å². The minimum Gasteiger partial charge on any atom is -0.492 e. The first-order valence-electron chi connectivity index (χ1n) is 8.25. The molecule has 2 rings (SSSR count). The van der Waals surface area contributed by atoms with Crippen molar-refractivity contribution in [3.63, 3.8) is 0 Å². The van der Waals surface area contributed by atoms with Gasteiger partial charge in [-0.2, -0.15) is 0 Å². The zero-order chi connectivity index (χ0) is 16.7. The van der Waals surface area contributed by atoms with E-state index in [1.165, 1.54) is 0 Å². The van der Waals surface area contributed by atoms with Crippen molar-refractivity contribution in [3.05, 3.63) is 60.2 Å². The Hall–Kier alpha value is -2.29. The van der Waals surface area contributed by atoms with E-state index in [9.17, 15) is 4.79 Å². The molecule has 0 spiro atoms. The van der Waals surface area contributed by atoms with Crippen LogP contribution in [0, 0.1) is 5.92 Å². The molecule has 0 aromatic heterocycles. The van der Waals surface area contributed by atoms with E-state index in [2.05, 4.69) is 19.2 Å². The Morgan fingerprint density at radius 2 is 1.70 bits per heavy atom. The zero-order valence-corrected chi connectivity index (χ0v) is 14.1. The molecule has 3 nitrogen and oxygen atoms in total. The summed E-state index contributed by atoms with van der Waals surface area (Å²) in [5, 5.41) is 3.05. The largest absolute Gasteiger partial charge is 0.492 e. The first kappa shape index (κ1) is 17.1. The van der Waals surface area contributed by atoms with Crippen LogP contribution in [0.15, 0.2) is 54.6 Å². The van der Waals surface area contributed by atoms with E-state index in [-0.39, 0.29) is 17.7 Å². The number of hydrogen-bond donors (Lipinski definition) is 1. The number of hydrogen-bond acceptors (Lipinski definition) is 2. The SMILES string of the molecule is CCOc1ccccc1NC(=O)[C@H](c1ccccc1)[C@@H](C)CC. The summed E-state index contributed by atoms with van der Waals surface area (Å²) in [6.45, 7) is 6.73. The molecule has 3 heteroatoms. The van der Waals surface area contributed by atoms with Crippen LogP contribution >= 0.6 is 0 Å². The number of anilines is 1. The van der Waals surface area contributed by atoms with E-state index in [1.807, 2.05) is 61.5 Å². The van der Waals surface area contributed by atoms with Crippen LogP contribution in [0.25, 0.3) is 0 Å². The Balaban J connectivity index is 2.25. The molecule has 0 radical (unpaired) electrons. The number of nitrogens with one attached hydrogen (secondary N) is 1. The lowest BCUT2D eigenvalue weighted by Gasteiger charge is -2.23. The van der Waals surface area contributed by atoms with Gasteiger partial charge < -0.3 is 10.1 Å². The molecule has 0 unspecified atom stereocenters. The maximum absolute atomic E-state index is 12.9. The quantitative estimate of drug-likeness (QED) is 0.793. The molecular weight excluding hydrogens is 286 g/mol. The highest BCUT2D eigenvalue weighted by Crippen LogP contribution is 2.30. The summed E-state index contributed by atoms with van der Waals surface area (Å²) >= 11 is 0. The molecule has 122 valence electrons. The Bertz CT molecular complexity index is 625. The van der Waals surface area contributed by atoms with Gasteiger partial charge >= 0.3 is 0 Å². The second-order valence-electron chi connectivity index (χ2n) is 5.69. The summed E-state index contributed by atoms with van der Waals surface area (Å²) in [6.07, 6.45) is 0.945. The van der Waals surface area contributed by atoms with Crippen molar-refractivity contribution in [2.45, 2.75) is 33.1 Å². The molecule has 1 N–H and O–H groups in total. The van der Waals surface area contributed by atoms with Crippen LogP contribution in [0.1, 0.15) is 38.7 Å². The minimum absolute atomic E-state index is 0.0118. The van der Waals surface area contributed by atoms with E-state index in [0.717, 1.165) is 17.7 Å². The van der Waals surface area contributed by atoms with Gasteiger partial charge in [-0.3, -0.25) is 4.79 Å². The predicted octanol–water partition coefficient (Wildman–Crippen LogP) is 4.85. The van der Waals surface area contributed by atoms with Gasteiger partial charge in [0, 0.05) is 0 Å². The number of carbonyl (C=O) groups is 1. The van der Waals surface area contributed by atoms with Crippen LogP contribution in [-0.2, 0) is 4.79 Å². The van der Waals surface area contributed by atoms with Crippen LogP contribution in [0.4, 0.5) is 5.69 Å². The van der Waals surface area contributed by atoms with E-state index in [4.69, 9.17) is 4.74 Å². The molecule has 2 aromatic carbocycles. The van der Waals surface area contributed by atoms with Crippen molar-refractivity contribution in [1.29, 1.82) is 0 Å². The van der Waals surface area contributed by atoms with Crippen LogP contribution in [0.3, 0.4) is 0 Å². The molecule has 1 amide bonds. The lowest BCUT2D eigenvalue weighted by molar-refractivity contribution is -0.118. The molecule has 0 saturated heterocycles. The topological polar surface area (TPSA) is 38.3 Å². The molecular formula is C20H25NO2. The molecule has 0 heterocycles. The first-order chi connectivity index (χ1) is 11.2. The van der Waals surface area contributed by atoms with Crippen molar-refractivity contribution >= 4 is 11.6 Å². The highest BCUT2D eigenvalue weighted by atomic mass is 16.5. The second-order valence-corrected chi connectivity index (χ2v) is 5.69. The fourth-order valence-electron chi connectivity index (χ4n) is 2.70. The number of benzene rings is 2. The summed E-state index contributed by atoms with van der Waals surface area (Å²) in [6, 6.07) is 17.5. The third-order valence-corrected chi connectivity index (χ3v) is 4.10. The number of para-hydroxylation sites is 2. The fourth-order valence-corrected chi connectivity index (χ4v) is 2.70. The third-order valence-electron chi connectivity index (χ3n) is 4.10. The number of carbonyl (C=O) groups excluding carboxylic acids is 1. The second kappa shape index (κ2) is 8.37. The van der Waals surface area contributed by atoms with Crippen LogP contribution in [-0.4, -0.2) is 12.5 Å². The van der Waals surface area contributed by atoms with Gasteiger partial charge in [-0.15, -0.1) is 0 Å². The molecule has 0 aliphatic rings. The Morgan fingerprint density at radius 1 is 1.04 bits per heavy atom. The van der Waals surface area contributed by atoms with Crippen LogP contribution in [0.2, 0.25) is 0 Å². The van der Waals surface area contributed by atoms with E-state index in [1.54, 1.807) is 0 Å². The van der Waals surface area contributed by atoms with Crippen LogP contribution < -0.4 is 10.1 Å². The summed E-state index contributed by atoms with van der Waals surface area (Å²) in [5.41, 5.74) is 1.77. The maximum atomic E-state index is 12.9. The average Bonchev–Trinajstić information content (AvgIpc) is 2.58. The molecule has 0 aliphatic heterocycles. The standard InChI is InChI=1S/C20H25NO2/c1-4-15(3)19(16-11-7-6-8-12-16)20(22)21-17-13-9-10-14-18(17)23-5-2/h6-15,19H,4-5H2,1-3H3,(H,21,22)/t15-,19-/m0/s1. The van der Waals surface area contributed by atoms with Gasteiger partial charge in [0.05, 0.1) is 18.2 Å². The number of amides is 1. The minimum atomic E-state index is -0.170. The Kier molecular flexibility index (Phi) is 6.21. The molecule has 23 heavy (non-hydrogen) atoms. The van der Waals surface area contributed by atoms with Gasteiger partial charge in [-0.05, 0) is 30.5 Å². The summed E-state index contributed by atoms with van der Waals surface area (Å²) in [7, 11) is 0. The zero-order valence-electron chi connectivity index (χ0n) is 14.1. The molecule has 0 fully saturated rings. The third kappa shape index (κ3) is 4.35. The smallest absolute Gasteiger partial charge is 0.232 e. The maximum Gasteiger partial charge on any atom is 0.232 e. The fraction of sp³-hybridized carbons (Fsp3) is 0.350. The van der Waals surface area contributed by atoms with Gasteiger partial charge in [0.15, 0.2) is 0 Å². The Morgan fingerprint density at radius 3 is 2.35 bits per heavy atom. The molecule has 2 aromatic rings. The highest BCUT2D eigenvalue weighted by Gasteiger charge is 2.26. The van der Waals surface area contributed by atoms with Gasteiger partial charge in [0.25, 0.3) is 0 Å². The van der Waals surface area contributed by atoms with Crippen molar-refractivity contribution in [2.24, 2.45) is 5.92 Å². The number of ether oxygens (including phenoxy) is 1. The van der Waals surface area contributed by atoms with Gasteiger partial charge in [0.2, 0.25) is 5.91 Å². The first-order valence-corrected chi connectivity index (χ1v) is 8.25. The molecule has 0 aliphatic carbocycles. The van der Waals surface area contributed by atoms with E-state index < -0.39 is 0 Å². The Labute approximate surface area is 138 Å². The molecule has 2 atom stereocenters. The van der Waals surface area contributed by atoms with Gasteiger partial charge in [-0.1, -0.05) is 62.7 Å². The van der Waals surface area contributed by atoms with Crippen molar-refractivity contribution < 1.29 is 9.53 Å². The molecule has 0 bridgehead atoms. The lowest BCUT2D eigenvalue weighted by Crippen LogP contribution is -2.26. The van der Waals surface area contributed by atoms with Gasteiger partial charge in [0.1, 0.15) is 5.75 Å².